The Hall–Kier alpha value is -1.99. The predicted octanol–water partition coefficient (Wildman–Crippen LogP) is 1.29. The summed E-state index contributed by atoms with van der Waals surface area (Å²) in [5, 5.41) is 7.89. The first-order chi connectivity index (χ1) is 12.1. The van der Waals surface area contributed by atoms with E-state index in [2.05, 4.69) is 52.6 Å². The lowest BCUT2D eigenvalue weighted by Gasteiger charge is -2.37. The zero-order chi connectivity index (χ0) is 17.5. The van der Waals surface area contributed by atoms with Gasteiger partial charge in [-0.25, -0.2) is 4.79 Å². The molecule has 1 aromatic heterocycles. The Labute approximate surface area is 148 Å². The highest BCUT2D eigenvalue weighted by Gasteiger charge is 2.71. The number of rotatable bonds is 6. The number of nitrogens with zero attached hydrogens (tertiary/aromatic N) is 6. The van der Waals surface area contributed by atoms with E-state index in [1.165, 1.54) is 34.4 Å². The van der Waals surface area contributed by atoms with E-state index < -0.39 is 0 Å². The van der Waals surface area contributed by atoms with Gasteiger partial charge in [0, 0.05) is 32.5 Å². The molecule has 0 aliphatic carbocycles. The lowest BCUT2D eigenvalue weighted by molar-refractivity contribution is 0.128. The van der Waals surface area contributed by atoms with Gasteiger partial charge in [-0.1, -0.05) is 25.1 Å². The van der Waals surface area contributed by atoms with E-state index >= 15 is 0 Å². The lowest BCUT2D eigenvalue weighted by Crippen LogP contribution is -2.52. The maximum absolute atomic E-state index is 12.1. The fraction of sp³-hybridized carbons (Fsp3) is 0.611. The third-order valence-electron chi connectivity index (χ3n) is 6.24. The van der Waals surface area contributed by atoms with Crippen LogP contribution in [-0.2, 0) is 13.1 Å². The molecule has 0 saturated carbocycles. The fourth-order valence-corrected chi connectivity index (χ4v) is 4.55. The van der Waals surface area contributed by atoms with E-state index in [4.69, 9.17) is 0 Å². The van der Waals surface area contributed by atoms with Gasteiger partial charge in [0.1, 0.15) is 18.9 Å². The summed E-state index contributed by atoms with van der Waals surface area (Å²) in [6.07, 6.45) is 2.44. The maximum atomic E-state index is 12.1. The van der Waals surface area contributed by atoms with Gasteiger partial charge in [0.15, 0.2) is 5.54 Å². The first-order valence-electron chi connectivity index (χ1n) is 9.30. The van der Waals surface area contributed by atoms with Crippen LogP contribution in [0.25, 0.3) is 0 Å². The molecule has 2 fully saturated rings. The molecule has 0 bridgehead atoms. The summed E-state index contributed by atoms with van der Waals surface area (Å²) < 4.78 is 3.96. The Morgan fingerprint density at radius 1 is 1.12 bits per heavy atom. The van der Waals surface area contributed by atoms with E-state index in [0.717, 1.165) is 24.2 Å². The summed E-state index contributed by atoms with van der Waals surface area (Å²) in [5.74, 6) is 0. The Balaban J connectivity index is 1.48. The quantitative estimate of drug-likeness (QED) is 0.586. The zero-order valence-electron chi connectivity index (χ0n) is 15.1. The molecule has 2 unspecified atom stereocenters. The summed E-state index contributed by atoms with van der Waals surface area (Å²) in [7, 11) is 0. The van der Waals surface area contributed by atoms with Crippen molar-refractivity contribution in [3.63, 3.8) is 0 Å². The largest absolute Gasteiger partial charge is 0.363 e. The van der Waals surface area contributed by atoms with Crippen molar-refractivity contribution in [2.24, 2.45) is 0 Å². The lowest BCUT2D eigenvalue weighted by atomic mass is 9.99. The van der Waals surface area contributed by atoms with Crippen LogP contribution in [0.2, 0.25) is 0 Å². The third-order valence-corrected chi connectivity index (χ3v) is 6.24. The number of fused-ring (bicyclic) bond motifs is 1. The van der Waals surface area contributed by atoms with Crippen LogP contribution in [0.4, 0.5) is 5.69 Å². The topological polar surface area (TPSA) is 56.0 Å². The van der Waals surface area contributed by atoms with E-state index in [-0.39, 0.29) is 5.69 Å². The van der Waals surface area contributed by atoms with Gasteiger partial charge >= 0.3 is 5.69 Å². The number of para-hydroxylation sites is 1. The molecular weight excluding hydrogens is 316 g/mol. The highest BCUT2D eigenvalue weighted by Crippen LogP contribution is 2.54. The molecule has 134 valence electrons. The molecule has 25 heavy (non-hydrogen) atoms. The average molecular weight is 343 g/mol. The normalized spacial score (nSPS) is 28.7. The van der Waals surface area contributed by atoms with Crippen LogP contribution < -0.4 is 10.2 Å². The van der Waals surface area contributed by atoms with Crippen LogP contribution in [0.15, 0.2) is 35.1 Å². The van der Waals surface area contributed by atoms with E-state index in [9.17, 15) is 4.79 Å². The van der Waals surface area contributed by atoms with Gasteiger partial charge in [0.25, 0.3) is 0 Å². The minimum atomic E-state index is -0.110. The summed E-state index contributed by atoms with van der Waals surface area (Å²) in [4.78, 5) is 14.6. The molecule has 2 aromatic rings. The number of benzene rings is 1. The number of quaternary nitrogens is 1. The van der Waals surface area contributed by atoms with Crippen molar-refractivity contribution in [1.82, 2.24) is 29.2 Å². The number of tetrazole rings is 1. The number of hydrogen-bond donors (Lipinski definition) is 0. The fourth-order valence-electron chi connectivity index (χ4n) is 4.55. The van der Waals surface area contributed by atoms with E-state index in [1.54, 1.807) is 0 Å². The Bertz CT molecular complexity index is 799. The van der Waals surface area contributed by atoms with Gasteiger partial charge in [0.05, 0.1) is 6.54 Å². The van der Waals surface area contributed by atoms with Crippen molar-refractivity contribution in [3.05, 3.63) is 40.8 Å². The average Bonchev–Trinajstić information content (AvgIpc) is 3.23. The second-order valence-electron chi connectivity index (χ2n) is 7.35. The van der Waals surface area contributed by atoms with Gasteiger partial charge in [-0.15, -0.1) is 0 Å². The molecule has 2 aliphatic heterocycles. The molecule has 0 radical (unpaired) electrons. The Morgan fingerprint density at radius 2 is 1.88 bits per heavy atom. The Morgan fingerprint density at radius 3 is 2.56 bits per heavy atom. The van der Waals surface area contributed by atoms with Crippen LogP contribution in [0.5, 0.6) is 0 Å². The molecule has 7 nitrogen and oxygen atoms in total. The highest BCUT2D eigenvalue weighted by molar-refractivity contribution is 5.52. The second-order valence-corrected chi connectivity index (χ2v) is 7.35. The first-order valence-corrected chi connectivity index (χ1v) is 9.30. The summed E-state index contributed by atoms with van der Waals surface area (Å²) in [6, 6.07) is 10.9. The van der Waals surface area contributed by atoms with Crippen molar-refractivity contribution in [2.75, 3.05) is 26.3 Å². The van der Waals surface area contributed by atoms with Gasteiger partial charge in [0.2, 0.25) is 0 Å². The van der Waals surface area contributed by atoms with Crippen molar-refractivity contribution >= 4 is 5.69 Å². The minimum absolute atomic E-state index is 0.110. The predicted molar refractivity (Wildman–Crippen MR) is 97.1 cm³/mol. The van der Waals surface area contributed by atoms with Gasteiger partial charge < -0.3 is 0 Å². The van der Waals surface area contributed by atoms with Crippen molar-refractivity contribution in [3.8, 4) is 0 Å². The molecule has 3 heterocycles. The van der Waals surface area contributed by atoms with Crippen molar-refractivity contribution in [1.29, 1.82) is 0 Å². The smallest absolute Gasteiger partial charge is 0.264 e. The second kappa shape index (κ2) is 6.07. The molecule has 7 heteroatoms. The summed E-state index contributed by atoms with van der Waals surface area (Å²) in [6.45, 7) is 9.59. The van der Waals surface area contributed by atoms with Crippen LogP contribution in [0.1, 0.15) is 26.7 Å². The Kier molecular flexibility index (Phi) is 4.00. The van der Waals surface area contributed by atoms with Gasteiger partial charge in [-0.2, -0.15) is 9.36 Å². The van der Waals surface area contributed by atoms with Crippen molar-refractivity contribution < 1.29 is 0 Å². The van der Waals surface area contributed by atoms with E-state index in [0.29, 0.717) is 18.6 Å². The standard InChI is InChI=1S/C18H27N6O/c1-3-18-10-11-21(12-13-23-17(25)22(4-2)19-20-23)15-24(18,14-18)16-8-6-5-7-9-16/h5-9H,3-4,10-15H2,1-2H3/q+1. The number of aromatic nitrogens is 4. The van der Waals surface area contributed by atoms with Crippen LogP contribution in [-0.4, -0.2) is 56.5 Å². The number of aryl methyl sites for hydroxylation is 1. The van der Waals surface area contributed by atoms with Crippen LogP contribution in [0.3, 0.4) is 0 Å². The summed E-state index contributed by atoms with van der Waals surface area (Å²) in [5.41, 5.74) is 1.73. The SMILES string of the molecule is CCn1nnn(CCN2CCC3(CC)C[N+]3(c3ccccc3)C2)c1=O. The van der Waals surface area contributed by atoms with Crippen LogP contribution >= 0.6 is 0 Å². The van der Waals surface area contributed by atoms with E-state index in [1.807, 2.05) is 6.92 Å². The molecular formula is C18H27N6O+. The zero-order valence-corrected chi connectivity index (χ0v) is 15.1. The van der Waals surface area contributed by atoms with Crippen LogP contribution in [0, 0.1) is 0 Å². The first kappa shape index (κ1) is 16.5. The van der Waals surface area contributed by atoms with Gasteiger partial charge in [-0.05, 0) is 29.5 Å². The molecule has 0 spiro atoms. The molecule has 2 atom stereocenters. The third kappa shape index (κ3) is 2.53. The minimum Gasteiger partial charge on any atom is -0.264 e. The van der Waals surface area contributed by atoms with Crippen molar-refractivity contribution in [2.45, 2.75) is 45.3 Å². The highest BCUT2D eigenvalue weighted by atomic mass is 16.2. The monoisotopic (exact) mass is 343 g/mol. The molecule has 2 saturated heterocycles. The summed E-state index contributed by atoms with van der Waals surface area (Å²) >= 11 is 0. The molecule has 1 aromatic carbocycles. The number of hydrogen-bond acceptors (Lipinski definition) is 4. The van der Waals surface area contributed by atoms with Gasteiger partial charge in [-0.3, -0.25) is 9.38 Å². The molecule has 2 aliphatic rings. The molecule has 0 N–H and O–H groups in total. The molecule has 0 amide bonds. The molecule has 4 rings (SSSR count). The maximum Gasteiger partial charge on any atom is 0.363 e.